The van der Waals surface area contributed by atoms with E-state index in [0.717, 1.165) is 45.1 Å². The van der Waals surface area contributed by atoms with Crippen LogP contribution in [0, 0.1) is 6.92 Å². The minimum Gasteiger partial charge on any atom is -0.378 e. The van der Waals surface area contributed by atoms with Gasteiger partial charge in [-0.2, -0.15) is 0 Å². The molecule has 0 saturated carbocycles. The van der Waals surface area contributed by atoms with Gasteiger partial charge in [0.05, 0.1) is 19.3 Å². The first kappa shape index (κ1) is 11.7. The Kier molecular flexibility index (Phi) is 3.05. The lowest BCUT2D eigenvalue weighted by Gasteiger charge is -2.43. The Bertz CT molecular complexity index is 487. The lowest BCUT2D eigenvalue weighted by atomic mass is 10.1. The Hall–Kier alpha value is -1.40. The van der Waals surface area contributed by atoms with Crippen LogP contribution in [0.25, 0.3) is 0 Å². The maximum atomic E-state index is 11.5. The zero-order valence-corrected chi connectivity index (χ0v) is 10.6. The number of nitrogens with one attached hydrogen (secondary N) is 1. The first-order valence-corrected chi connectivity index (χ1v) is 6.37. The minimum absolute atomic E-state index is 0.0835. The average molecular weight is 250 g/mol. The lowest BCUT2D eigenvalue weighted by Crippen LogP contribution is -2.58. The topological polar surface area (TPSA) is 61.5 Å². The number of rotatable bonds is 1. The molecule has 0 spiro atoms. The smallest absolute Gasteiger partial charge is 0.252 e. The van der Waals surface area contributed by atoms with Gasteiger partial charge in [-0.3, -0.25) is 14.7 Å². The Balaban J connectivity index is 1.79. The molecule has 2 saturated heterocycles. The fourth-order valence-electron chi connectivity index (χ4n) is 2.65. The standard InChI is InChI=1S/C12H18N4O2/c1-9-6-11(17)14-12(13-9)16-3-2-15-4-5-18-8-10(15)7-16/h6,10H,2-5,7-8H2,1H3,(H,13,14,17). The summed E-state index contributed by atoms with van der Waals surface area (Å²) in [5.74, 6) is 0.685. The predicted molar refractivity (Wildman–Crippen MR) is 68.0 cm³/mol. The first-order valence-electron chi connectivity index (χ1n) is 6.37. The Morgan fingerprint density at radius 2 is 2.33 bits per heavy atom. The summed E-state index contributed by atoms with van der Waals surface area (Å²) < 4.78 is 5.51. The SMILES string of the molecule is Cc1cc(=O)[nH]c(N2CCN3CCOCC3C2)n1. The molecule has 6 nitrogen and oxygen atoms in total. The molecule has 2 aliphatic heterocycles. The number of aryl methyl sites for hydroxylation is 1. The fourth-order valence-corrected chi connectivity index (χ4v) is 2.65. The number of aromatic nitrogens is 2. The van der Waals surface area contributed by atoms with Gasteiger partial charge in [0.1, 0.15) is 0 Å². The van der Waals surface area contributed by atoms with E-state index in [2.05, 4.69) is 19.8 Å². The van der Waals surface area contributed by atoms with Crippen molar-refractivity contribution < 1.29 is 4.74 Å². The first-order chi connectivity index (χ1) is 8.72. The highest BCUT2D eigenvalue weighted by atomic mass is 16.5. The van der Waals surface area contributed by atoms with Crippen molar-refractivity contribution in [2.75, 3.05) is 44.3 Å². The molecule has 0 amide bonds. The number of morpholine rings is 1. The zero-order valence-electron chi connectivity index (χ0n) is 10.6. The summed E-state index contributed by atoms with van der Waals surface area (Å²) in [6.07, 6.45) is 0. The van der Waals surface area contributed by atoms with Gasteiger partial charge < -0.3 is 9.64 Å². The van der Waals surface area contributed by atoms with Crippen molar-refractivity contribution >= 4 is 5.95 Å². The van der Waals surface area contributed by atoms with Crippen LogP contribution in [-0.2, 0) is 4.74 Å². The van der Waals surface area contributed by atoms with E-state index in [1.165, 1.54) is 6.07 Å². The lowest BCUT2D eigenvalue weighted by molar-refractivity contribution is -0.0119. The molecule has 98 valence electrons. The van der Waals surface area contributed by atoms with E-state index in [1.807, 2.05) is 6.92 Å². The largest absolute Gasteiger partial charge is 0.378 e. The van der Waals surface area contributed by atoms with Crippen molar-refractivity contribution in [2.24, 2.45) is 0 Å². The van der Waals surface area contributed by atoms with Gasteiger partial charge in [0.2, 0.25) is 5.95 Å². The number of hydrogen-bond acceptors (Lipinski definition) is 5. The number of aromatic amines is 1. The molecule has 1 atom stereocenters. The van der Waals surface area contributed by atoms with Gasteiger partial charge in [-0.25, -0.2) is 4.98 Å². The van der Waals surface area contributed by atoms with Gasteiger partial charge >= 0.3 is 0 Å². The molecular weight excluding hydrogens is 232 g/mol. The maximum absolute atomic E-state index is 11.5. The summed E-state index contributed by atoms with van der Waals surface area (Å²) in [4.78, 5) is 23.3. The van der Waals surface area contributed by atoms with E-state index in [-0.39, 0.29) is 5.56 Å². The third kappa shape index (κ3) is 2.26. The molecule has 3 heterocycles. The van der Waals surface area contributed by atoms with Gasteiger partial charge in [-0.15, -0.1) is 0 Å². The number of piperazine rings is 1. The Labute approximate surface area is 106 Å². The number of H-pyrrole nitrogens is 1. The number of fused-ring (bicyclic) bond motifs is 1. The Morgan fingerprint density at radius 1 is 1.44 bits per heavy atom. The Morgan fingerprint density at radius 3 is 3.17 bits per heavy atom. The van der Waals surface area contributed by atoms with Crippen LogP contribution in [0.5, 0.6) is 0 Å². The highest BCUT2D eigenvalue weighted by molar-refractivity contribution is 5.31. The summed E-state index contributed by atoms with van der Waals surface area (Å²) >= 11 is 0. The van der Waals surface area contributed by atoms with Crippen LogP contribution in [0.15, 0.2) is 10.9 Å². The quantitative estimate of drug-likeness (QED) is 0.735. The fraction of sp³-hybridized carbons (Fsp3) is 0.667. The normalized spacial score (nSPS) is 24.9. The molecule has 1 N–H and O–H groups in total. The second kappa shape index (κ2) is 4.70. The molecule has 18 heavy (non-hydrogen) atoms. The van der Waals surface area contributed by atoms with Crippen molar-refractivity contribution in [3.8, 4) is 0 Å². The van der Waals surface area contributed by atoms with E-state index < -0.39 is 0 Å². The third-order valence-corrected chi connectivity index (χ3v) is 3.59. The summed E-state index contributed by atoms with van der Waals surface area (Å²) in [6.45, 7) is 7.23. The van der Waals surface area contributed by atoms with Gasteiger partial charge in [-0.05, 0) is 6.92 Å². The molecule has 0 aromatic carbocycles. The minimum atomic E-state index is -0.0835. The van der Waals surface area contributed by atoms with Crippen molar-refractivity contribution in [3.63, 3.8) is 0 Å². The van der Waals surface area contributed by atoms with Crippen LogP contribution < -0.4 is 10.5 Å². The van der Waals surface area contributed by atoms with Crippen LogP contribution in [0.1, 0.15) is 5.69 Å². The number of hydrogen-bond donors (Lipinski definition) is 1. The van der Waals surface area contributed by atoms with Crippen molar-refractivity contribution in [3.05, 3.63) is 22.1 Å². The van der Waals surface area contributed by atoms with Gasteiger partial charge in [-0.1, -0.05) is 0 Å². The van der Waals surface area contributed by atoms with E-state index in [4.69, 9.17) is 4.74 Å². The molecule has 1 unspecified atom stereocenters. The number of nitrogens with zero attached hydrogens (tertiary/aromatic N) is 3. The van der Waals surface area contributed by atoms with Crippen LogP contribution in [0.4, 0.5) is 5.95 Å². The monoisotopic (exact) mass is 250 g/mol. The van der Waals surface area contributed by atoms with E-state index >= 15 is 0 Å². The van der Waals surface area contributed by atoms with Crippen LogP contribution in [0.2, 0.25) is 0 Å². The summed E-state index contributed by atoms with van der Waals surface area (Å²) in [5, 5.41) is 0. The van der Waals surface area contributed by atoms with Gasteiger partial charge in [0.25, 0.3) is 5.56 Å². The second-order valence-corrected chi connectivity index (χ2v) is 4.92. The number of anilines is 1. The molecule has 2 fully saturated rings. The molecular formula is C12H18N4O2. The molecule has 1 aromatic rings. The highest BCUT2D eigenvalue weighted by Gasteiger charge is 2.30. The van der Waals surface area contributed by atoms with E-state index in [0.29, 0.717) is 12.0 Å². The van der Waals surface area contributed by atoms with Crippen molar-refractivity contribution in [1.29, 1.82) is 0 Å². The van der Waals surface area contributed by atoms with E-state index in [1.54, 1.807) is 0 Å². The van der Waals surface area contributed by atoms with Crippen molar-refractivity contribution in [2.45, 2.75) is 13.0 Å². The predicted octanol–water partition coefficient (Wildman–Crippen LogP) is -0.401. The van der Waals surface area contributed by atoms with Crippen LogP contribution in [0.3, 0.4) is 0 Å². The van der Waals surface area contributed by atoms with Crippen LogP contribution >= 0.6 is 0 Å². The highest BCUT2D eigenvalue weighted by Crippen LogP contribution is 2.17. The third-order valence-electron chi connectivity index (χ3n) is 3.59. The molecule has 1 aromatic heterocycles. The van der Waals surface area contributed by atoms with Gasteiger partial charge in [0.15, 0.2) is 0 Å². The summed E-state index contributed by atoms with van der Waals surface area (Å²) in [6, 6.07) is 1.93. The molecule has 3 rings (SSSR count). The summed E-state index contributed by atoms with van der Waals surface area (Å²) in [5.41, 5.74) is 0.677. The van der Waals surface area contributed by atoms with Crippen molar-refractivity contribution in [1.82, 2.24) is 14.9 Å². The molecule has 2 aliphatic rings. The summed E-state index contributed by atoms with van der Waals surface area (Å²) in [7, 11) is 0. The second-order valence-electron chi connectivity index (χ2n) is 4.92. The molecule has 0 radical (unpaired) electrons. The van der Waals surface area contributed by atoms with E-state index in [9.17, 15) is 4.79 Å². The average Bonchev–Trinajstić information content (AvgIpc) is 2.37. The van der Waals surface area contributed by atoms with Gasteiger partial charge in [0, 0.05) is 37.9 Å². The zero-order chi connectivity index (χ0) is 12.5. The molecule has 6 heteroatoms. The van der Waals surface area contributed by atoms with Crippen LogP contribution in [-0.4, -0.2) is 60.3 Å². The number of ether oxygens (including phenoxy) is 1. The molecule has 0 aliphatic carbocycles. The molecule has 0 bridgehead atoms. The maximum Gasteiger partial charge on any atom is 0.252 e.